The van der Waals surface area contributed by atoms with E-state index in [-0.39, 0.29) is 19.1 Å². The van der Waals surface area contributed by atoms with Crippen molar-refractivity contribution >= 4 is 11.9 Å². The molecule has 1 atom stereocenters. The van der Waals surface area contributed by atoms with Crippen molar-refractivity contribution in [2.45, 2.75) is 6.92 Å². The molecule has 0 radical (unpaired) electrons. The number of carbonyl (C=O) groups excluding carboxylic acids is 1. The van der Waals surface area contributed by atoms with E-state index in [1.54, 1.807) is 6.92 Å². The first-order chi connectivity index (χ1) is 7.52. The van der Waals surface area contributed by atoms with Gasteiger partial charge in [-0.3, -0.25) is 9.59 Å². The molecule has 0 aliphatic rings. The first kappa shape index (κ1) is 14.9. The van der Waals surface area contributed by atoms with Gasteiger partial charge in [-0.1, -0.05) is 6.92 Å². The van der Waals surface area contributed by atoms with E-state index in [0.29, 0.717) is 13.2 Å². The van der Waals surface area contributed by atoms with Crippen LogP contribution in [0.25, 0.3) is 0 Å². The Balaban J connectivity index is 4.29. The standard InChI is InChI=1S/C10H19NO5/c1-8(10(13)14)6-11(4-5-15-2)9(12)7-16-3/h8H,4-7H2,1-3H3,(H,13,14). The van der Waals surface area contributed by atoms with Gasteiger partial charge in [0.15, 0.2) is 0 Å². The molecule has 1 N–H and O–H groups in total. The first-order valence-electron chi connectivity index (χ1n) is 5.01. The molecule has 0 heterocycles. The molecule has 0 bridgehead atoms. The monoisotopic (exact) mass is 233 g/mol. The number of carboxylic acids is 1. The molecule has 0 rings (SSSR count). The number of carboxylic acid groups (broad SMARTS) is 1. The molecule has 0 aromatic heterocycles. The van der Waals surface area contributed by atoms with E-state index in [9.17, 15) is 9.59 Å². The summed E-state index contributed by atoms with van der Waals surface area (Å²) in [4.78, 5) is 23.7. The summed E-state index contributed by atoms with van der Waals surface area (Å²) in [6.45, 7) is 2.43. The molecule has 0 spiro atoms. The van der Waals surface area contributed by atoms with E-state index in [4.69, 9.17) is 14.6 Å². The van der Waals surface area contributed by atoms with Gasteiger partial charge in [-0.05, 0) is 0 Å². The number of nitrogens with zero attached hydrogens (tertiary/aromatic N) is 1. The molecule has 6 heteroatoms. The van der Waals surface area contributed by atoms with Gasteiger partial charge >= 0.3 is 5.97 Å². The van der Waals surface area contributed by atoms with Gasteiger partial charge in [0.1, 0.15) is 6.61 Å². The molecule has 0 saturated carbocycles. The van der Waals surface area contributed by atoms with Crippen LogP contribution in [0.4, 0.5) is 0 Å². The predicted molar refractivity (Wildman–Crippen MR) is 57.1 cm³/mol. The van der Waals surface area contributed by atoms with Crippen LogP contribution in [0, 0.1) is 5.92 Å². The minimum absolute atomic E-state index is 0.0456. The Morgan fingerprint density at radius 1 is 1.31 bits per heavy atom. The van der Waals surface area contributed by atoms with Crippen molar-refractivity contribution in [2.75, 3.05) is 40.5 Å². The molecule has 0 aromatic carbocycles. The summed E-state index contributed by atoms with van der Waals surface area (Å²) in [5.41, 5.74) is 0. The highest BCUT2D eigenvalue weighted by Gasteiger charge is 2.19. The highest BCUT2D eigenvalue weighted by Crippen LogP contribution is 2.01. The van der Waals surface area contributed by atoms with Crippen molar-refractivity contribution in [1.29, 1.82) is 0 Å². The van der Waals surface area contributed by atoms with Crippen LogP contribution in [0.5, 0.6) is 0 Å². The lowest BCUT2D eigenvalue weighted by Crippen LogP contribution is -2.40. The smallest absolute Gasteiger partial charge is 0.308 e. The molecule has 16 heavy (non-hydrogen) atoms. The average Bonchev–Trinajstić information content (AvgIpc) is 2.23. The minimum Gasteiger partial charge on any atom is -0.481 e. The van der Waals surface area contributed by atoms with Crippen LogP contribution in [0.15, 0.2) is 0 Å². The van der Waals surface area contributed by atoms with E-state index in [1.165, 1.54) is 19.1 Å². The van der Waals surface area contributed by atoms with Crippen LogP contribution in [0.1, 0.15) is 6.92 Å². The SMILES string of the molecule is COCCN(CC(C)C(=O)O)C(=O)COC. The fourth-order valence-electron chi connectivity index (χ4n) is 1.14. The molecule has 0 aliphatic heterocycles. The Morgan fingerprint density at radius 2 is 1.94 bits per heavy atom. The van der Waals surface area contributed by atoms with Crippen LogP contribution in [-0.2, 0) is 19.1 Å². The summed E-state index contributed by atoms with van der Waals surface area (Å²) in [7, 11) is 2.95. The third-order valence-corrected chi connectivity index (χ3v) is 2.10. The molecular weight excluding hydrogens is 214 g/mol. The van der Waals surface area contributed by atoms with Gasteiger partial charge in [0, 0.05) is 27.3 Å². The van der Waals surface area contributed by atoms with Gasteiger partial charge in [0.2, 0.25) is 5.91 Å². The van der Waals surface area contributed by atoms with Gasteiger partial charge in [-0.15, -0.1) is 0 Å². The Labute approximate surface area is 95.1 Å². The summed E-state index contributed by atoms with van der Waals surface area (Å²) < 4.78 is 9.59. The van der Waals surface area contributed by atoms with Gasteiger partial charge in [0.05, 0.1) is 12.5 Å². The van der Waals surface area contributed by atoms with Crippen LogP contribution in [0.3, 0.4) is 0 Å². The second-order valence-electron chi connectivity index (χ2n) is 3.50. The summed E-state index contributed by atoms with van der Waals surface area (Å²) in [6.07, 6.45) is 0. The third-order valence-electron chi connectivity index (χ3n) is 2.10. The van der Waals surface area contributed by atoms with Crippen molar-refractivity contribution in [3.8, 4) is 0 Å². The lowest BCUT2D eigenvalue weighted by molar-refractivity contribution is -0.144. The van der Waals surface area contributed by atoms with Crippen LogP contribution < -0.4 is 0 Å². The maximum absolute atomic E-state index is 11.6. The van der Waals surface area contributed by atoms with Gasteiger partial charge in [-0.25, -0.2) is 0 Å². The Hall–Kier alpha value is -1.14. The zero-order valence-corrected chi connectivity index (χ0v) is 9.93. The quantitative estimate of drug-likeness (QED) is 0.630. The van der Waals surface area contributed by atoms with E-state index >= 15 is 0 Å². The van der Waals surface area contributed by atoms with Crippen molar-refractivity contribution in [2.24, 2.45) is 5.92 Å². The van der Waals surface area contributed by atoms with Crippen LogP contribution in [0.2, 0.25) is 0 Å². The highest BCUT2D eigenvalue weighted by molar-refractivity contribution is 5.78. The second-order valence-corrected chi connectivity index (χ2v) is 3.50. The number of carbonyl (C=O) groups is 2. The average molecular weight is 233 g/mol. The minimum atomic E-state index is -0.923. The van der Waals surface area contributed by atoms with Crippen molar-refractivity contribution in [1.82, 2.24) is 4.90 Å². The lowest BCUT2D eigenvalue weighted by Gasteiger charge is -2.23. The summed E-state index contributed by atoms with van der Waals surface area (Å²) in [5, 5.41) is 8.77. The fourth-order valence-corrected chi connectivity index (χ4v) is 1.14. The predicted octanol–water partition coefficient (Wildman–Crippen LogP) is -0.171. The summed E-state index contributed by atoms with van der Waals surface area (Å²) >= 11 is 0. The Morgan fingerprint density at radius 3 is 2.38 bits per heavy atom. The topological polar surface area (TPSA) is 76.1 Å². The van der Waals surface area contributed by atoms with Crippen molar-refractivity contribution in [3.63, 3.8) is 0 Å². The van der Waals surface area contributed by atoms with Crippen LogP contribution in [-0.4, -0.2) is 62.4 Å². The molecule has 94 valence electrons. The normalized spacial score (nSPS) is 12.2. The molecule has 6 nitrogen and oxygen atoms in total. The Bertz CT molecular complexity index is 231. The van der Waals surface area contributed by atoms with Gasteiger partial charge in [-0.2, -0.15) is 0 Å². The molecule has 0 aromatic rings. The molecule has 0 saturated heterocycles. The third kappa shape index (κ3) is 5.67. The Kier molecular flexibility index (Phi) is 7.49. The largest absolute Gasteiger partial charge is 0.481 e. The lowest BCUT2D eigenvalue weighted by atomic mass is 10.1. The summed E-state index contributed by atoms with van der Waals surface area (Å²) in [6, 6.07) is 0. The first-order valence-corrected chi connectivity index (χ1v) is 5.01. The van der Waals surface area contributed by atoms with Gasteiger partial charge < -0.3 is 19.5 Å². The van der Waals surface area contributed by atoms with Gasteiger partial charge in [0.25, 0.3) is 0 Å². The second kappa shape index (κ2) is 8.06. The maximum atomic E-state index is 11.6. The fraction of sp³-hybridized carbons (Fsp3) is 0.800. The zero-order chi connectivity index (χ0) is 12.6. The molecule has 1 unspecified atom stereocenters. The zero-order valence-electron chi connectivity index (χ0n) is 9.93. The van der Waals surface area contributed by atoms with E-state index in [0.717, 1.165) is 0 Å². The number of amides is 1. The number of hydrogen-bond donors (Lipinski definition) is 1. The summed E-state index contributed by atoms with van der Waals surface area (Å²) in [5.74, 6) is -1.75. The number of rotatable bonds is 8. The number of hydrogen-bond acceptors (Lipinski definition) is 4. The van der Waals surface area contributed by atoms with Crippen molar-refractivity contribution < 1.29 is 24.2 Å². The van der Waals surface area contributed by atoms with E-state index in [1.807, 2.05) is 0 Å². The highest BCUT2D eigenvalue weighted by atomic mass is 16.5. The number of ether oxygens (including phenoxy) is 2. The van der Waals surface area contributed by atoms with Crippen molar-refractivity contribution in [3.05, 3.63) is 0 Å². The molecule has 1 amide bonds. The molecule has 0 aliphatic carbocycles. The van der Waals surface area contributed by atoms with E-state index < -0.39 is 11.9 Å². The molecule has 0 fully saturated rings. The maximum Gasteiger partial charge on any atom is 0.308 e. The van der Waals surface area contributed by atoms with Crippen LogP contribution >= 0.6 is 0 Å². The van der Waals surface area contributed by atoms with E-state index in [2.05, 4.69) is 0 Å². The number of aliphatic carboxylic acids is 1. The number of methoxy groups -OCH3 is 2. The molecular formula is C10H19NO5.